The van der Waals surface area contributed by atoms with E-state index in [9.17, 15) is 9.59 Å². The Balaban J connectivity index is 1.55. The van der Waals surface area contributed by atoms with E-state index in [-0.39, 0.29) is 18.3 Å². The number of thioether (sulfide) groups is 1. The number of benzene rings is 3. The van der Waals surface area contributed by atoms with E-state index in [1.165, 1.54) is 11.8 Å². The van der Waals surface area contributed by atoms with Gasteiger partial charge in [0.2, 0.25) is 0 Å². The molecule has 0 unspecified atom stereocenters. The SMILES string of the molecule is O=C(CCSc1ccccc1NC(=O)c1ccccc1)Oc1ccccc1. The Bertz CT molecular complexity index is 898. The first kappa shape index (κ1) is 18.7. The van der Waals surface area contributed by atoms with Gasteiger partial charge in [-0.2, -0.15) is 0 Å². The summed E-state index contributed by atoms with van der Waals surface area (Å²) in [7, 11) is 0. The maximum absolute atomic E-state index is 12.4. The predicted octanol–water partition coefficient (Wildman–Crippen LogP) is 5.03. The molecule has 0 aliphatic heterocycles. The smallest absolute Gasteiger partial charge is 0.312 e. The first-order chi connectivity index (χ1) is 13.2. The van der Waals surface area contributed by atoms with Crippen molar-refractivity contribution in [2.24, 2.45) is 0 Å². The molecule has 0 aliphatic carbocycles. The zero-order valence-corrected chi connectivity index (χ0v) is 15.4. The fourth-order valence-corrected chi connectivity index (χ4v) is 3.33. The first-order valence-electron chi connectivity index (χ1n) is 8.56. The van der Waals surface area contributed by atoms with Gasteiger partial charge in [0.05, 0.1) is 12.1 Å². The highest BCUT2D eigenvalue weighted by Crippen LogP contribution is 2.28. The van der Waals surface area contributed by atoms with Crippen molar-refractivity contribution in [2.75, 3.05) is 11.1 Å². The van der Waals surface area contributed by atoms with Crippen molar-refractivity contribution in [1.82, 2.24) is 0 Å². The fraction of sp³-hybridized carbons (Fsp3) is 0.0909. The minimum absolute atomic E-state index is 0.160. The number of para-hydroxylation sites is 2. The van der Waals surface area contributed by atoms with E-state index in [1.54, 1.807) is 24.3 Å². The van der Waals surface area contributed by atoms with Crippen LogP contribution < -0.4 is 10.1 Å². The second-order valence-corrected chi connectivity index (χ2v) is 6.84. The Morgan fingerprint density at radius 3 is 2.19 bits per heavy atom. The second-order valence-electron chi connectivity index (χ2n) is 5.70. The van der Waals surface area contributed by atoms with E-state index in [0.717, 1.165) is 10.6 Å². The molecule has 5 heteroatoms. The molecule has 0 aromatic heterocycles. The molecule has 3 aromatic carbocycles. The number of ether oxygens (including phenoxy) is 1. The van der Waals surface area contributed by atoms with Crippen LogP contribution in [0.2, 0.25) is 0 Å². The second kappa shape index (κ2) is 9.59. The van der Waals surface area contributed by atoms with Crippen LogP contribution in [-0.2, 0) is 4.79 Å². The standard InChI is InChI=1S/C22H19NO3S/c24-21(26-18-11-5-2-6-12-18)15-16-27-20-14-8-7-13-19(20)23-22(25)17-9-3-1-4-10-17/h1-14H,15-16H2,(H,23,25). The van der Waals surface area contributed by atoms with Gasteiger partial charge >= 0.3 is 5.97 Å². The van der Waals surface area contributed by atoms with E-state index in [0.29, 0.717) is 17.1 Å². The lowest BCUT2D eigenvalue weighted by Crippen LogP contribution is -2.12. The number of anilines is 1. The number of rotatable bonds is 7. The number of hydrogen-bond donors (Lipinski definition) is 1. The molecule has 0 radical (unpaired) electrons. The van der Waals surface area contributed by atoms with Crippen molar-refractivity contribution in [1.29, 1.82) is 0 Å². The summed E-state index contributed by atoms with van der Waals surface area (Å²) in [5.41, 5.74) is 1.33. The molecular formula is C22H19NO3S. The molecule has 4 nitrogen and oxygen atoms in total. The average Bonchev–Trinajstić information content (AvgIpc) is 2.70. The summed E-state index contributed by atoms with van der Waals surface area (Å²) in [6, 6.07) is 25.6. The van der Waals surface area contributed by atoms with Gasteiger partial charge in [-0.15, -0.1) is 11.8 Å². The molecule has 0 atom stereocenters. The highest BCUT2D eigenvalue weighted by atomic mass is 32.2. The van der Waals surface area contributed by atoms with Gasteiger partial charge in [0.15, 0.2) is 0 Å². The van der Waals surface area contributed by atoms with Gasteiger partial charge in [0.1, 0.15) is 5.75 Å². The molecule has 0 saturated heterocycles. The third-order valence-corrected chi connectivity index (χ3v) is 4.79. The van der Waals surface area contributed by atoms with Crippen molar-refractivity contribution < 1.29 is 14.3 Å². The summed E-state index contributed by atoms with van der Waals surface area (Å²) in [6.07, 6.45) is 0.278. The molecule has 3 aromatic rings. The van der Waals surface area contributed by atoms with Gasteiger partial charge in [-0.1, -0.05) is 48.5 Å². The van der Waals surface area contributed by atoms with Crippen LogP contribution in [0.15, 0.2) is 89.8 Å². The van der Waals surface area contributed by atoms with Crippen molar-refractivity contribution in [2.45, 2.75) is 11.3 Å². The van der Waals surface area contributed by atoms with Crippen molar-refractivity contribution in [3.63, 3.8) is 0 Å². The maximum Gasteiger partial charge on any atom is 0.312 e. The van der Waals surface area contributed by atoms with E-state index < -0.39 is 0 Å². The van der Waals surface area contributed by atoms with Crippen LogP contribution >= 0.6 is 11.8 Å². The molecular weight excluding hydrogens is 358 g/mol. The van der Waals surface area contributed by atoms with Gasteiger partial charge in [-0.25, -0.2) is 0 Å². The normalized spacial score (nSPS) is 10.2. The number of esters is 1. The van der Waals surface area contributed by atoms with Gasteiger partial charge < -0.3 is 10.1 Å². The Morgan fingerprint density at radius 1 is 0.815 bits per heavy atom. The number of hydrogen-bond acceptors (Lipinski definition) is 4. The lowest BCUT2D eigenvalue weighted by molar-refractivity contribution is -0.133. The monoisotopic (exact) mass is 377 g/mol. The number of nitrogens with one attached hydrogen (secondary N) is 1. The molecule has 0 fully saturated rings. The Labute approximate surface area is 162 Å². The quantitative estimate of drug-likeness (QED) is 0.357. The lowest BCUT2D eigenvalue weighted by atomic mass is 10.2. The summed E-state index contributed by atoms with van der Waals surface area (Å²) in [5.74, 6) is 0.666. The predicted molar refractivity (Wildman–Crippen MR) is 108 cm³/mol. The molecule has 0 aliphatic rings. The fourth-order valence-electron chi connectivity index (χ4n) is 2.40. The number of carbonyl (C=O) groups excluding carboxylic acids is 2. The van der Waals surface area contributed by atoms with Crippen LogP contribution in [0.3, 0.4) is 0 Å². The third kappa shape index (κ3) is 5.72. The van der Waals surface area contributed by atoms with Gasteiger partial charge in [0.25, 0.3) is 5.91 Å². The molecule has 136 valence electrons. The summed E-state index contributed by atoms with van der Waals surface area (Å²) < 4.78 is 5.28. The average molecular weight is 377 g/mol. The molecule has 0 saturated carbocycles. The maximum atomic E-state index is 12.4. The first-order valence-corrected chi connectivity index (χ1v) is 9.55. The summed E-state index contributed by atoms with van der Waals surface area (Å²) in [6.45, 7) is 0. The topological polar surface area (TPSA) is 55.4 Å². The lowest BCUT2D eigenvalue weighted by Gasteiger charge is -2.11. The van der Waals surface area contributed by atoms with Crippen LogP contribution in [0.1, 0.15) is 16.8 Å². The molecule has 1 amide bonds. The molecule has 1 N–H and O–H groups in total. The highest BCUT2D eigenvalue weighted by molar-refractivity contribution is 7.99. The molecule has 0 spiro atoms. The van der Waals surface area contributed by atoms with Crippen LogP contribution in [0.25, 0.3) is 0 Å². The highest BCUT2D eigenvalue weighted by Gasteiger charge is 2.10. The van der Waals surface area contributed by atoms with E-state index in [4.69, 9.17) is 4.74 Å². The van der Waals surface area contributed by atoms with Gasteiger partial charge in [-0.05, 0) is 36.4 Å². The Hall–Kier alpha value is -3.05. The molecule has 0 bridgehead atoms. The van der Waals surface area contributed by atoms with Crippen LogP contribution in [0.5, 0.6) is 5.75 Å². The van der Waals surface area contributed by atoms with E-state index in [1.807, 2.05) is 60.7 Å². The molecule has 27 heavy (non-hydrogen) atoms. The van der Waals surface area contributed by atoms with Crippen molar-refractivity contribution in [3.05, 3.63) is 90.5 Å². The van der Waals surface area contributed by atoms with Crippen molar-refractivity contribution in [3.8, 4) is 5.75 Å². The van der Waals surface area contributed by atoms with Crippen LogP contribution in [0, 0.1) is 0 Å². The number of amides is 1. The minimum Gasteiger partial charge on any atom is -0.427 e. The van der Waals surface area contributed by atoms with Gasteiger partial charge in [-0.3, -0.25) is 9.59 Å². The summed E-state index contributed by atoms with van der Waals surface area (Å²) >= 11 is 1.51. The third-order valence-electron chi connectivity index (χ3n) is 3.71. The Morgan fingerprint density at radius 2 is 1.44 bits per heavy atom. The van der Waals surface area contributed by atoms with E-state index in [2.05, 4.69) is 5.32 Å². The van der Waals surface area contributed by atoms with Crippen LogP contribution in [0.4, 0.5) is 5.69 Å². The largest absolute Gasteiger partial charge is 0.427 e. The molecule has 3 rings (SSSR count). The molecule has 0 heterocycles. The Kier molecular flexibility index (Phi) is 6.66. The number of carbonyl (C=O) groups is 2. The summed E-state index contributed by atoms with van der Waals surface area (Å²) in [5, 5.41) is 2.93. The van der Waals surface area contributed by atoms with Gasteiger partial charge in [0, 0.05) is 16.2 Å². The zero-order valence-electron chi connectivity index (χ0n) is 14.6. The van der Waals surface area contributed by atoms with Crippen LogP contribution in [-0.4, -0.2) is 17.6 Å². The minimum atomic E-state index is -0.278. The van der Waals surface area contributed by atoms with Crippen molar-refractivity contribution >= 4 is 29.3 Å². The summed E-state index contributed by atoms with van der Waals surface area (Å²) in [4.78, 5) is 25.2. The van der Waals surface area contributed by atoms with E-state index >= 15 is 0 Å². The zero-order chi connectivity index (χ0) is 18.9.